The zero-order valence-electron chi connectivity index (χ0n) is 24.8. The Hall–Kier alpha value is -6.26. The highest BCUT2D eigenvalue weighted by molar-refractivity contribution is 6.08. The summed E-state index contributed by atoms with van der Waals surface area (Å²) < 4.78 is 0. The highest BCUT2D eigenvalue weighted by Crippen LogP contribution is 2.38. The van der Waals surface area contributed by atoms with Gasteiger partial charge in [-0.05, 0) is 62.1 Å². The molecule has 0 fully saturated rings. The number of hydrogen-bond donors (Lipinski definition) is 0. The van der Waals surface area contributed by atoms with Crippen LogP contribution in [0.2, 0.25) is 0 Å². The van der Waals surface area contributed by atoms with Gasteiger partial charge in [-0.2, -0.15) is 0 Å². The lowest BCUT2D eigenvalue weighted by Gasteiger charge is -2.14. The van der Waals surface area contributed by atoms with Crippen molar-refractivity contribution >= 4 is 43.2 Å². The second-order valence-corrected chi connectivity index (χ2v) is 11.5. The summed E-state index contributed by atoms with van der Waals surface area (Å²) in [5.41, 5.74) is 6.07. The van der Waals surface area contributed by atoms with E-state index >= 15 is 0 Å². The van der Waals surface area contributed by atoms with E-state index in [0.717, 1.165) is 60.3 Å². The number of aromatic nitrogens is 4. The van der Waals surface area contributed by atoms with Crippen molar-refractivity contribution in [1.82, 2.24) is 19.9 Å². The number of para-hydroxylation sites is 1. The summed E-state index contributed by atoms with van der Waals surface area (Å²) in [5.74, 6) is 1.93. The Bertz CT molecular complexity index is 2500. The first-order valence-electron chi connectivity index (χ1n) is 15.4. The zero-order valence-corrected chi connectivity index (χ0v) is 24.8. The molecule has 0 N–H and O–H groups in total. The summed E-state index contributed by atoms with van der Waals surface area (Å²) in [6, 6.07) is 52.8. The van der Waals surface area contributed by atoms with Gasteiger partial charge in [0.25, 0.3) is 0 Å². The Morgan fingerprint density at radius 3 is 1.52 bits per heavy atom. The largest absolute Gasteiger partial charge is 0.256 e. The van der Waals surface area contributed by atoms with Crippen molar-refractivity contribution in [1.29, 1.82) is 0 Å². The van der Waals surface area contributed by atoms with Gasteiger partial charge in [-0.1, -0.05) is 127 Å². The molecule has 0 unspecified atom stereocenters. The minimum absolute atomic E-state index is 0.639. The van der Waals surface area contributed by atoms with Gasteiger partial charge in [-0.25, -0.2) is 15.0 Å². The molecule has 9 aromatic rings. The maximum atomic E-state index is 5.14. The highest BCUT2D eigenvalue weighted by Gasteiger charge is 2.17. The van der Waals surface area contributed by atoms with Gasteiger partial charge in [0.15, 0.2) is 17.5 Å². The summed E-state index contributed by atoms with van der Waals surface area (Å²) in [5, 5.41) is 7.97. The van der Waals surface area contributed by atoms with Crippen molar-refractivity contribution in [3.8, 4) is 45.3 Å². The minimum atomic E-state index is 0.639. The van der Waals surface area contributed by atoms with Crippen LogP contribution in [-0.2, 0) is 0 Å². The maximum absolute atomic E-state index is 5.14. The summed E-state index contributed by atoms with van der Waals surface area (Å²) in [4.78, 5) is 20.1. The summed E-state index contributed by atoms with van der Waals surface area (Å²) in [6.07, 6.45) is 1.86. The van der Waals surface area contributed by atoms with Crippen LogP contribution < -0.4 is 0 Å². The van der Waals surface area contributed by atoms with Crippen LogP contribution in [0.1, 0.15) is 0 Å². The van der Waals surface area contributed by atoms with Crippen molar-refractivity contribution in [2.24, 2.45) is 0 Å². The molecule has 0 saturated heterocycles. The zero-order chi connectivity index (χ0) is 30.5. The van der Waals surface area contributed by atoms with Crippen molar-refractivity contribution in [3.05, 3.63) is 158 Å². The monoisotopic (exact) mass is 586 g/mol. The molecule has 2 heterocycles. The van der Waals surface area contributed by atoms with Crippen LogP contribution in [0.25, 0.3) is 88.5 Å². The Morgan fingerprint density at radius 1 is 0.326 bits per heavy atom. The Kier molecular flexibility index (Phi) is 6.10. The van der Waals surface area contributed by atoms with Crippen molar-refractivity contribution in [2.75, 3.05) is 0 Å². The molecule has 0 radical (unpaired) electrons. The van der Waals surface area contributed by atoms with Crippen molar-refractivity contribution < 1.29 is 0 Å². The fourth-order valence-corrected chi connectivity index (χ4v) is 6.46. The smallest absolute Gasteiger partial charge is 0.164 e. The molecule has 0 aliphatic carbocycles. The molecule has 4 heteroatoms. The van der Waals surface area contributed by atoms with E-state index in [1.807, 2.05) is 12.3 Å². The van der Waals surface area contributed by atoms with Crippen LogP contribution in [0.15, 0.2) is 158 Å². The van der Waals surface area contributed by atoms with E-state index < -0.39 is 0 Å². The van der Waals surface area contributed by atoms with Crippen LogP contribution in [0.5, 0.6) is 0 Å². The van der Waals surface area contributed by atoms with Gasteiger partial charge < -0.3 is 0 Å². The standard InChI is InChI=1S/C42H26N4/c1-3-11-30-25-32(20-18-27(30)9-1)40-44-41(33-21-19-28-10-2-4-12-31(28)26-33)46-42(45-40)38-23-22-36(34-15-5-6-16-35(34)38)37-17-7-13-29-14-8-24-43-39(29)37/h1-26H. The van der Waals surface area contributed by atoms with E-state index in [0.29, 0.717) is 17.5 Å². The summed E-state index contributed by atoms with van der Waals surface area (Å²) >= 11 is 0. The summed E-state index contributed by atoms with van der Waals surface area (Å²) in [6.45, 7) is 0. The average Bonchev–Trinajstić information content (AvgIpc) is 3.13. The molecular formula is C42H26N4. The van der Waals surface area contributed by atoms with Crippen molar-refractivity contribution in [2.45, 2.75) is 0 Å². The Morgan fingerprint density at radius 2 is 0.848 bits per heavy atom. The lowest BCUT2D eigenvalue weighted by molar-refractivity contribution is 1.08. The van der Waals surface area contributed by atoms with E-state index in [9.17, 15) is 0 Å². The van der Waals surface area contributed by atoms with Gasteiger partial charge in [-0.15, -0.1) is 0 Å². The average molecular weight is 587 g/mol. The van der Waals surface area contributed by atoms with E-state index in [-0.39, 0.29) is 0 Å². The summed E-state index contributed by atoms with van der Waals surface area (Å²) in [7, 11) is 0. The number of rotatable bonds is 4. The Labute approximate surface area is 265 Å². The molecule has 0 spiro atoms. The second-order valence-electron chi connectivity index (χ2n) is 11.5. The fourth-order valence-electron chi connectivity index (χ4n) is 6.46. The van der Waals surface area contributed by atoms with Crippen LogP contribution in [0.4, 0.5) is 0 Å². The van der Waals surface area contributed by atoms with Crippen LogP contribution in [0.3, 0.4) is 0 Å². The Balaban J connectivity index is 1.28. The first-order chi connectivity index (χ1) is 22.8. The number of nitrogens with zero attached hydrogens (tertiary/aromatic N) is 4. The van der Waals surface area contributed by atoms with E-state index in [1.54, 1.807) is 0 Å². The molecule has 46 heavy (non-hydrogen) atoms. The fraction of sp³-hybridized carbons (Fsp3) is 0. The number of pyridine rings is 1. The third-order valence-electron chi connectivity index (χ3n) is 8.74. The molecule has 0 aliphatic rings. The molecule has 4 nitrogen and oxygen atoms in total. The predicted octanol–water partition coefficient (Wildman–Crippen LogP) is 10.5. The molecule has 214 valence electrons. The van der Waals surface area contributed by atoms with Gasteiger partial charge in [0.1, 0.15) is 0 Å². The van der Waals surface area contributed by atoms with E-state index in [1.165, 1.54) is 10.8 Å². The minimum Gasteiger partial charge on any atom is -0.256 e. The third kappa shape index (κ3) is 4.47. The topological polar surface area (TPSA) is 51.6 Å². The molecule has 7 aromatic carbocycles. The highest BCUT2D eigenvalue weighted by atomic mass is 15.0. The first-order valence-corrected chi connectivity index (χ1v) is 15.4. The molecule has 0 amide bonds. The number of benzene rings is 7. The lowest BCUT2D eigenvalue weighted by atomic mass is 9.93. The number of fused-ring (bicyclic) bond motifs is 4. The molecular weight excluding hydrogens is 560 g/mol. The predicted molar refractivity (Wildman–Crippen MR) is 189 cm³/mol. The van der Waals surface area contributed by atoms with Gasteiger partial charge >= 0.3 is 0 Å². The molecule has 0 bridgehead atoms. The number of hydrogen-bond acceptors (Lipinski definition) is 4. The van der Waals surface area contributed by atoms with Gasteiger partial charge in [0.2, 0.25) is 0 Å². The van der Waals surface area contributed by atoms with Crippen molar-refractivity contribution in [3.63, 3.8) is 0 Å². The molecule has 2 aromatic heterocycles. The second kappa shape index (κ2) is 10.7. The lowest BCUT2D eigenvalue weighted by Crippen LogP contribution is -2.01. The normalized spacial score (nSPS) is 11.5. The third-order valence-corrected chi connectivity index (χ3v) is 8.74. The first kappa shape index (κ1) is 26.2. The van der Waals surface area contributed by atoms with Gasteiger partial charge in [0, 0.05) is 33.8 Å². The van der Waals surface area contributed by atoms with Gasteiger partial charge in [0.05, 0.1) is 5.52 Å². The SMILES string of the molecule is c1ccc2cc(-c3nc(-c4ccc5ccccc5c4)nc(-c4ccc(-c5cccc6cccnc56)c5ccccc45)n3)ccc2c1. The van der Waals surface area contributed by atoms with Crippen LogP contribution in [-0.4, -0.2) is 19.9 Å². The molecule has 0 saturated carbocycles. The quantitative estimate of drug-likeness (QED) is 0.206. The van der Waals surface area contributed by atoms with Gasteiger partial charge in [-0.3, -0.25) is 4.98 Å². The van der Waals surface area contributed by atoms with Crippen LogP contribution >= 0.6 is 0 Å². The van der Waals surface area contributed by atoms with E-state index in [4.69, 9.17) is 19.9 Å². The maximum Gasteiger partial charge on any atom is 0.164 e. The molecule has 0 atom stereocenters. The van der Waals surface area contributed by atoms with E-state index in [2.05, 4.69) is 146 Å². The van der Waals surface area contributed by atoms with Crippen LogP contribution in [0, 0.1) is 0 Å². The molecule has 9 rings (SSSR count). The molecule has 0 aliphatic heterocycles.